The number of carbonyl (C=O) groups excluding carboxylic acids is 1. The Morgan fingerprint density at radius 2 is 2.09 bits per heavy atom. The lowest BCUT2D eigenvalue weighted by Gasteiger charge is -2.14. The SMILES string of the molecule is COc1cc(/C=C/C(=O)Cl)cc(Br)c1OCc1cccc(C)c1. The molecule has 0 heterocycles. The van der Waals surface area contributed by atoms with E-state index in [9.17, 15) is 4.79 Å². The van der Waals surface area contributed by atoms with Gasteiger partial charge < -0.3 is 9.47 Å². The van der Waals surface area contributed by atoms with Gasteiger partial charge in [-0.15, -0.1) is 0 Å². The van der Waals surface area contributed by atoms with E-state index in [-0.39, 0.29) is 0 Å². The van der Waals surface area contributed by atoms with E-state index < -0.39 is 5.24 Å². The minimum Gasteiger partial charge on any atom is -0.493 e. The summed E-state index contributed by atoms with van der Waals surface area (Å²) in [5, 5.41) is -0.528. The Morgan fingerprint density at radius 1 is 1.30 bits per heavy atom. The zero-order valence-corrected chi connectivity index (χ0v) is 15.1. The summed E-state index contributed by atoms with van der Waals surface area (Å²) in [5.74, 6) is 1.19. The number of hydrogen-bond acceptors (Lipinski definition) is 3. The Kier molecular flexibility index (Phi) is 6.25. The Labute approximate surface area is 149 Å². The molecule has 0 aliphatic heterocycles. The molecule has 0 bridgehead atoms. The van der Waals surface area contributed by atoms with Crippen molar-refractivity contribution in [1.29, 1.82) is 0 Å². The van der Waals surface area contributed by atoms with Gasteiger partial charge in [-0.3, -0.25) is 4.79 Å². The van der Waals surface area contributed by atoms with Gasteiger partial charge in [-0.1, -0.05) is 29.8 Å². The molecule has 0 aliphatic rings. The Bertz CT molecular complexity index is 741. The van der Waals surface area contributed by atoms with Gasteiger partial charge in [0.1, 0.15) is 6.61 Å². The molecule has 0 N–H and O–H groups in total. The van der Waals surface area contributed by atoms with Gasteiger partial charge in [0.05, 0.1) is 11.6 Å². The van der Waals surface area contributed by atoms with Crippen LogP contribution in [0.4, 0.5) is 0 Å². The molecule has 0 atom stereocenters. The molecule has 0 fully saturated rings. The average molecular weight is 396 g/mol. The van der Waals surface area contributed by atoms with Crippen molar-refractivity contribution in [2.24, 2.45) is 0 Å². The standard InChI is InChI=1S/C18H16BrClO3/c1-12-4-3-5-14(8-12)11-23-18-15(19)9-13(6-7-17(20)21)10-16(18)22-2/h3-10H,11H2,1-2H3/b7-6+. The summed E-state index contributed by atoms with van der Waals surface area (Å²) in [6.07, 6.45) is 2.91. The van der Waals surface area contributed by atoms with Crippen LogP contribution in [-0.4, -0.2) is 12.4 Å². The first-order chi connectivity index (χ1) is 11.0. The topological polar surface area (TPSA) is 35.5 Å². The highest BCUT2D eigenvalue weighted by molar-refractivity contribution is 9.10. The van der Waals surface area contributed by atoms with Gasteiger partial charge in [-0.2, -0.15) is 0 Å². The lowest BCUT2D eigenvalue weighted by Crippen LogP contribution is -1.99. The molecule has 3 nitrogen and oxygen atoms in total. The number of halogens is 2. The fourth-order valence-electron chi connectivity index (χ4n) is 2.10. The summed E-state index contributed by atoms with van der Waals surface area (Å²) in [6.45, 7) is 2.48. The minimum atomic E-state index is -0.528. The van der Waals surface area contributed by atoms with Gasteiger partial charge in [0, 0.05) is 0 Å². The molecule has 2 rings (SSSR count). The normalized spacial score (nSPS) is 10.8. The molecule has 0 radical (unpaired) electrons. The van der Waals surface area contributed by atoms with Crippen molar-refractivity contribution in [3.05, 3.63) is 63.6 Å². The largest absolute Gasteiger partial charge is 0.493 e. The number of methoxy groups -OCH3 is 1. The predicted molar refractivity (Wildman–Crippen MR) is 96.1 cm³/mol. The molecule has 0 saturated carbocycles. The van der Waals surface area contributed by atoms with Crippen molar-refractivity contribution >= 4 is 38.8 Å². The maximum absolute atomic E-state index is 10.8. The number of ether oxygens (including phenoxy) is 2. The molecule has 0 saturated heterocycles. The van der Waals surface area contributed by atoms with Crippen LogP contribution in [-0.2, 0) is 11.4 Å². The van der Waals surface area contributed by atoms with Crippen LogP contribution in [0.25, 0.3) is 6.08 Å². The number of allylic oxidation sites excluding steroid dienone is 1. The number of rotatable bonds is 6. The first-order valence-electron chi connectivity index (χ1n) is 6.93. The van der Waals surface area contributed by atoms with E-state index in [0.29, 0.717) is 18.1 Å². The van der Waals surface area contributed by atoms with E-state index in [1.165, 1.54) is 11.6 Å². The van der Waals surface area contributed by atoms with Crippen LogP contribution in [0.2, 0.25) is 0 Å². The van der Waals surface area contributed by atoms with Gasteiger partial charge in [-0.05, 0) is 69.9 Å². The lowest BCUT2D eigenvalue weighted by atomic mass is 10.1. The maximum Gasteiger partial charge on any atom is 0.245 e. The third-order valence-corrected chi connectivity index (χ3v) is 3.84. The number of carbonyl (C=O) groups is 1. The zero-order chi connectivity index (χ0) is 16.8. The lowest BCUT2D eigenvalue weighted by molar-refractivity contribution is -0.107. The predicted octanol–water partition coefficient (Wildman–Crippen LogP) is 5.12. The monoisotopic (exact) mass is 394 g/mol. The molecule has 2 aromatic rings. The fraction of sp³-hybridized carbons (Fsp3) is 0.167. The molecule has 120 valence electrons. The summed E-state index contributed by atoms with van der Waals surface area (Å²) in [6, 6.07) is 11.7. The minimum absolute atomic E-state index is 0.436. The highest BCUT2D eigenvalue weighted by Gasteiger charge is 2.11. The molecule has 23 heavy (non-hydrogen) atoms. The van der Waals surface area contributed by atoms with Gasteiger partial charge in [0.2, 0.25) is 5.24 Å². The molecule has 0 spiro atoms. The molecule has 0 amide bonds. The average Bonchev–Trinajstić information content (AvgIpc) is 2.51. The fourth-order valence-corrected chi connectivity index (χ4v) is 2.73. The zero-order valence-electron chi connectivity index (χ0n) is 12.8. The second kappa shape index (κ2) is 8.18. The van der Waals surface area contributed by atoms with E-state index in [4.69, 9.17) is 21.1 Å². The van der Waals surface area contributed by atoms with E-state index in [1.54, 1.807) is 19.3 Å². The van der Waals surface area contributed by atoms with Crippen molar-refractivity contribution in [2.75, 3.05) is 7.11 Å². The molecular weight excluding hydrogens is 380 g/mol. The summed E-state index contributed by atoms with van der Waals surface area (Å²) in [7, 11) is 1.57. The third-order valence-electron chi connectivity index (χ3n) is 3.12. The van der Waals surface area contributed by atoms with Gasteiger partial charge >= 0.3 is 0 Å². The summed E-state index contributed by atoms with van der Waals surface area (Å²) in [4.78, 5) is 10.8. The van der Waals surface area contributed by atoms with E-state index in [0.717, 1.165) is 15.6 Å². The van der Waals surface area contributed by atoms with Crippen molar-refractivity contribution in [3.8, 4) is 11.5 Å². The van der Waals surface area contributed by atoms with Crippen LogP contribution in [0.1, 0.15) is 16.7 Å². The number of benzene rings is 2. The quantitative estimate of drug-likeness (QED) is 0.503. The molecule has 2 aromatic carbocycles. The number of aryl methyl sites for hydroxylation is 1. The summed E-state index contributed by atoms with van der Waals surface area (Å²) >= 11 is 8.79. The molecule has 0 unspecified atom stereocenters. The van der Waals surface area contributed by atoms with Crippen LogP contribution >= 0.6 is 27.5 Å². The van der Waals surface area contributed by atoms with E-state index in [2.05, 4.69) is 22.0 Å². The third kappa shape index (κ3) is 5.12. The van der Waals surface area contributed by atoms with E-state index >= 15 is 0 Å². The molecule has 0 aliphatic carbocycles. The van der Waals surface area contributed by atoms with Crippen molar-refractivity contribution in [2.45, 2.75) is 13.5 Å². The summed E-state index contributed by atoms with van der Waals surface area (Å²) < 4.78 is 12.0. The first kappa shape index (κ1) is 17.6. The van der Waals surface area contributed by atoms with Crippen LogP contribution in [0.5, 0.6) is 11.5 Å². The molecule has 0 aromatic heterocycles. The van der Waals surface area contributed by atoms with Crippen LogP contribution < -0.4 is 9.47 Å². The van der Waals surface area contributed by atoms with Crippen molar-refractivity contribution in [3.63, 3.8) is 0 Å². The second-order valence-corrected chi connectivity index (χ2v) is 6.18. The first-order valence-corrected chi connectivity index (χ1v) is 8.10. The van der Waals surface area contributed by atoms with Crippen LogP contribution in [0, 0.1) is 6.92 Å². The highest BCUT2D eigenvalue weighted by atomic mass is 79.9. The number of hydrogen-bond donors (Lipinski definition) is 0. The van der Waals surface area contributed by atoms with Gasteiger partial charge in [0.25, 0.3) is 0 Å². The van der Waals surface area contributed by atoms with E-state index in [1.807, 2.05) is 31.2 Å². The molecular formula is C18H16BrClO3. The Hall–Kier alpha value is -1.78. The Morgan fingerprint density at radius 3 is 2.74 bits per heavy atom. The van der Waals surface area contributed by atoms with Crippen LogP contribution in [0.3, 0.4) is 0 Å². The van der Waals surface area contributed by atoms with Crippen LogP contribution in [0.15, 0.2) is 46.9 Å². The highest BCUT2D eigenvalue weighted by Crippen LogP contribution is 2.37. The molecule has 5 heteroatoms. The second-order valence-electron chi connectivity index (χ2n) is 4.95. The van der Waals surface area contributed by atoms with Crippen molar-refractivity contribution in [1.82, 2.24) is 0 Å². The summed E-state index contributed by atoms with van der Waals surface area (Å²) in [5.41, 5.74) is 3.05. The smallest absolute Gasteiger partial charge is 0.245 e. The Balaban J connectivity index is 2.22. The van der Waals surface area contributed by atoms with Crippen molar-refractivity contribution < 1.29 is 14.3 Å². The van der Waals surface area contributed by atoms with Gasteiger partial charge in [0.15, 0.2) is 11.5 Å². The van der Waals surface area contributed by atoms with Gasteiger partial charge in [-0.25, -0.2) is 0 Å². The maximum atomic E-state index is 10.8.